The lowest BCUT2D eigenvalue weighted by Crippen LogP contribution is -2.24. The number of anilines is 1. The fourth-order valence-corrected chi connectivity index (χ4v) is 1.76. The third-order valence-electron chi connectivity index (χ3n) is 2.71. The highest BCUT2D eigenvalue weighted by Gasteiger charge is 2.13. The van der Waals surface area contributed by atoms with E-state index in [1.54, 1.807) is 6.07 Å². The van der Waals surface area contributed by atoms with E-state index in [1.165, 1.54) is 6.07 Å². The van der Waals surface area contributed by atoms with E-state index < -0.39 is 5.97 Å². The highest BCUT2D eigenvalue weighted by molar-refractivity contribution is 5.85. The number of carbonyl (C=O) groups is 1. The van der Waals surface area contributed by atoms with Crippen molar-refractivity contribution in [3.63, 3.8) is 0 Å². The van der Waals surface area contributed by atoms with Crippen LogP contribution in [0.4, 0.5) is 5.82 Å². The Bertz CT molecular complexity index is 374. The summed E-state index contributed by atoms with van der Waals surface area (Å²) in [6.45, 7) is 2.40. The first-order valence-corrected chi connectivity index (χ1v) is 5.64. The maximum absolute atomic E-state index is 10.6. The minimum Gasteiger partial charge on any atom is -0.476 e. The summed E-state index contributed by atoms with van der Waals surface area (Å²) in [4.78, 5) is 10.6. The molecule has 1 aromatic heterocycles. The summed E-state index contributed by atoms with van der Waals surface area (Å²) in [6, 6.07) is 3.06. The van der Waals surface area contributed by atoms with Gasteiger partial charge in [-0.3, -0.25) is 0 Å². The van der Waals surface area contributed by atoms with Crippen LogP contribution in [0, 0.1) is 5.92 Å². The number of carboxylic acids is 1. The molecule has 0 bridgehead atoms. The quantitative estimate of drug-likeness (QED) is 0.813. The van der Waals surface area contributed by atoms with Crippen molar-refractivity contribution in [1.29, 1.82) is 0 Å². The molecule has 0 saturated carbocycles. The molecule has 0 aliphatic carbocycles. The van der Waals surface area contributed by atoms with Gasteiger partial charge in [-0.15, -0.1) is 10.2 Å². The maximum atomic E-state index is 10.6. The second-order valence-electron chi connectivity index (χ2n) is 4.07. The molecule has 1 aromatic rings. The fourth-order valence-electron chi connectivity index (χ4n) is 1.76. The van der Waals surface area contributed by atoms with Gasteiger partial charge < -0.3 is 15.2 Å². The van der Waals surface area contributed by atoms with Gasteiger partial charge in [-0.25, -0.2) is 4.79 Å². The summed E-state index contributed by atoms with van der Waals surface area (Å²) in [5.41, 5.74) is -0.0449. The summed E-state index contributed by atoms with van der Waals surface area (Å²) in [6.07, 6.45) is 2.24. The molecular formula is C11H15N3O3. The SMILES string of the molecule is O=C(O)c1ccc(NCC2CCCOC2)nn1. The molecule has 2 rings (SSSR count). The molecule has 0 radical (unpaired) electrons. The molecule has 2 N–H and O–H groups in total. The number of nitrogens with zero attached hydrogens (tertiary/aromatic N) is 2. The molecule has 1 unspecified atom stereocenters. The number of aromatic carboxylic acids is 1. The molecule has 6 nitrogen and oxygen atoms in total. The summed E-state index contributed by atoms with van der Waals surface area (Å²) in [5.74, 6) is 0.0232. The Morgan fingerprint density at radius 3 is 3.00 bits per heavy atom. The first-order valence-electron chi connectivity index (χ1n) is 5.64. The van der Waals surface area contributed by atoms with Crippen molar-refractivity contribution in [3.05, 3.63) is 17.8 Å². The third kappa shape index (κ3) is 3.39. The zero-order chi connectivity index (χ0) is 12.1. The van der Waals surface area contributed by atoms with Crippen LogP contribution >= 0.6 is 0 Å². The number of rotatable bonds is 4. The van der Waals surface area contributed by atoms with Gasteiger partial charge in [-0.1, -0.05) is 0 Å². The summed E-state index contributed by atoms with van der Waals surface area (Å²) in [7, 11) is 0. The molecule has 1 aliphatic rings. The number of nitrogens with one attached hydrogen (secondary N) is 1. The van der Waals surface area contributed by atoms with Crippen molar-refractivity contribution in [3.8, 4) is 0 Å². The summed E-state index contributed by atoms with van der Waals surface area (Å²) < 4.78 is 5.37. The Hall–Kier alpha value is -1.69. The van der Waals surface area contributed by atoms with Gasteiger partial charge in [0.15, 0.2) is 5.69 Å². The molecule has 1 aliphatic heterocycles. The van der Waals surface area contributed by atoms with Crippen LogP contribution in [0.1, 0.15) is 23.3 Å². The predicted octanol–water partition coefficient (Wildman–Crippen LogP) is 1.01. The van der Waals surface area contributed by atoms with E-state index in [9.17, 15) is 4.79 Å². The Kier molecular flexibility index (Phi) is 3.87. The van der Waals surface area contributed by atoms with Gasteiger partial charge in [-0.2, -0.15) is 0 Å². The monoisotopic (exact) mass is 237 g/mol. The molecule has 1 atom stereocenters. The molecule has 1 fully saturated rings. The van der Waals surface area contributed by atoms with Gasteiger partial charge in [0.05, 0.1) is 6.61 Å². The molecule has 1 saturated heterocycles. The zero-order valence-electron chi connectivity index (χ0n) is 9.43. The van der Waals surface area contributed by atoms with E-state index in [1.807, 2.05) is 0 Å². The molecule has 92 valence electrons. The molecule has 17 heavy (non-hydrogen) atoms. The molecule has 0 amide bonds. The van der Waals surface area contributed by atoms with Gasteiger partial charge in [0.1, 0.15) is 5.82 Å². The van der Waals surface area contributed by atoms with Crippen molar-refractivity contribution < 1.29 is 14.6 Å². The molecule has 0 aromatic carbocycles. The lowest BCUT2D eigenvalue weighted by Gasteiger charge is -2.22. The normalized spacial score (nSPS) is 19.9. The smallest absolute Gasteiger partial charge is 0.356 e. The molecule has 6 heteroatoms. The van der Waals surface area contributed by atoms with Crippen LogP contribution in [0.5, 0.6) is 0 Å². The van der Waals surface area contributed by atoms with E-state index in [0.29, 0.717) is 11.7 Å². The number of aromatic nitrogens is 2. The minimum atomic E-state index is -1.07. The first-order chi connectivity index (χ1) is 8.25. The van der Waals surface area contributed by atoms with Crippen LogP contribution < -0.4 is 5.32 Å². The lowest BCUT2D eigenvalue weighted by atomic mass is 10.0. The largest absolute Gasteiger partial charge is 0.476 e. The van der Waals surface area contributed by atoms with Gasteiger partial charge in [0.2, 0.25) is 0 Å². The number of carboxylic acid groups (broad SMARTS) is 1. The maximum Gasteiger partial charge on any atom is 0.356 e. The van der Waals surface area contributed by atoms with E-state index in [4.69, 9.17) is 9.84 Å². The van der Waals surface area contributed by atoms with E-state index in [2.05, 4.69) is 15.5 Å². The van der Waals surface area contributed by atoms with Crippen LogP contribution in [-0.2, 0) is 4.74 Å². The minimum absolute atomic E-state index is 0.0449. The van der Waals surface area contributed by atoms with Gasteiger partial charge in [-0.05, 0) is 30.9 Å². The number of hydrogen-bond acceptors (Lipinski definition) is 5. The van der Waals surface area contributed by atoms with E-state index in [-0.39, 0.29) is 5.69 Å². The van der Waals surface area contributed by atoms with Crippen LogP contribution in [0.3, 0.4) is 0 Å². The zero-order valence-corrected chi connectivity index (χ0v) is 9.43. The van der Waals surface area contributed by atoms with Crippen molar-refractivity contribution >= 4 is 11.8 Å². The Labute approximate surface area is 99.0 Å². The third-order valence-corrected chi connectivity index (χ3v) is 2.71. The van der Waals surface area contributed by atoms with Crippen LogP contribution in [0.2, 0.25) is 0 Å². The Morgan fingerprint density at radius 1 is 1.53 bits per heavy atom. The topological polar surface area (TPSA) is 84.3 Å². The number of ether oxygens (including phenoxy) is 1. The second-order valence-corrected chi connectivity index (χ2v) is 4.07. The average Bonchev–Trinajstić information content (AvgIpc) is 2.38. The van der Waals surface area contributed by atoms with Crippen molar-refractivity contribution in [2.45, 2.75) is 12.8 Å². The molecule has 2 heterocycles. The first kappa shape index (κ1) is 11.8. The van der Waals surface area contributed by atoms with E-state index in [0.717, 1.165) is 32.6 Å². The highest BCUT2D eigenvalue weighted by Crippen LogP contribution is 2.14. The molecule has 0 spiro atoms. The van der Waals surface area contributed by atoms with Gasteiger partial charge in [0, 0.05) is 13.2 Å². The fraction of sp³-hybridized carbons (Fsp3) is 0.545. The Morgan fingerprint density at radius 2 is 2.41 bits per heavy atom. The lowest BCUT2D eigenvalue weighted by molar-refractivity contribution is 0.0595. The van der Waals surface area contributed by atoms with Crippen molar-refractivity contribution in [1.82, 2.24) is 10.2 Å². The van der Waals surface area contributed by atoms with Crippen LogP contribution in [0.15, 0.2) is 12.1 Å². The second kappa shape index (κ2) is 5.58. The van der Waals surface area contributed by atoms with Crippen molar-refractivity contribution in [2.75, 3.05) is 25.1 Å². The Balaban J connectivity index is 1.84. The molecular weight excluding hydrogens is 222 g/mol. The van der Waals surface area contributed by atoms with Gasteiger partial charge >= 0.3 is 5.97 Å². The number of hydrogen-bond donors (Lipinski definition) is 2. The summed E-state index contributed by atoms with van der Waals surface area (Å²) >= 11 is 0. The van der Waals surface area contributed by atoms with Crippen molar-refractivity contribution in [2.24, 2.45) is 5.92 Å². The van der Waals surface area contributed by atoms with Crippen LogP contribution in [0.25, 0.3) is 0 Å². The standard InChI is InChI=1S/C11H15N3O3/c15-11(16)9-3-4-10(14-13-9)12-6-8-2-1-5-17-7-8/h3-4,8H,1-2,5-7H2,(H,12,14)(H,15,16). The average molecular weight is 237 g/mol. The highest BCUT2D eigenvalue weighted by atomic mass is 16.5. The predicted molar refractivity (Wildman–Crippen MR) is 61.0 cm³/mol. The van der Waals surface area contributed by atoms with Gasteiger partial charge in [0.25, 0.3) is 0 Å². The summed E-state index contributed by atoms with van der Waals surface area (Å²) in [5, 5.41) is 19.2. The van der Waals surface area contributed by atoms with E-state index >= 15 is 0 Å². The van der Waals surface area contributed by atoms with Crippen LogP contribution in [-0.4, -0.2) is 41.0 Å².